The van der Waals surface area contributed by atoms with E-state index in [2.05, 4.69) is 12.1 Å². The lowest BCUT2D eigenvalue weighted by Gasteiger charge is -2.31. The van der Waals surface area contributed by atoms with Crippen LogP contribution in [-0.2, 0) is 0 Å². The molecule has 2 aromatic rings. The first-order valence-electron chi connectivity index (χ1n) is 6.22. The molecule has 88 valence electrons. The largest absolute Gasteiger partial charge is 0.508 e. The lowest BCUT2D eigenvalue weighted by atomic mass is 9.77. The molecular formula is C15H17NO. The van der Waals surface area contributed by atoms with Gasteiger partial charge in [0.25, 0.3) is 0 Å². The summed E-state index contributed by atoms with van der Waals surface area (Å²) >= 11 is 0. The van der Waals surface area contributed by atoms with Crippen LogP contribution in [0.25, 0.3) is 10.8 Å². The Kier molecular flexibility index (Phi) is 2.52. The number of aromatic hydroxyl groups is 1. The van der Waals surface area contributed by atoms with Crippen LogP contribution in [0, 0.1) is 5.92 Å². The Bertz CT molecular complexity index is 546. The van der Waals surface area contributed by atoms with E-state index >= 15 is 0 Å². The third kappa shape index (κ3) is 1.89. The third-order valence-corrected chi connectivity index (χ3v) is 3.89. The molecule has 17 heavy (non-hydrogen) atoms. The monoisotopic (exact) mass is 227 g/mol. The van der Waals surface area contributed by atoms with Crippen molar-refractivity contribution in [2.24, 2.45) is 11.7 Å². The first kappa shape index (κ1) is 10.6. The molecule has 0 amide bonds. The van der Waals surface area contributed by atoms with Crippen molar-refractivity contribution in [3.63, 3.8) is 0 Å². The van der Waals surface area contributed by atoms with Crippen molar-refractivity contribution in [3.05, 3.63) is 42.0 Å². The van der Waals surface area contributed by atoms with Gasteiger partial charge >= 0.3 is 0 Å². The van der Waals surface area contributed by atoms with Crippen LogP contribution >= 0.6 is 0 Å². The summed E-state index contributed by atoms with van der Waals surface area (Å²) < 4.78 is 0. The highest BCUT2D eigenvalue weighted by Gasteiger charge is 2.25. The topological polar surface area (TPSA) is 46.2 Å². The summed E-state index contributed by atoms with van der Waals surface area (Å²) in [4.78, 5) is 0. The average Bonchev–Trinajstić information content (AvgIpc) is 2.26. The summed E-state index contributed by atoms with van der Waals surface area (Å²) in [5.41, 5.74) is 7.49. The molecule has 1 aliphatic rings. The molecule has 1 fully saturated rings. The molecule has 2 nitrogen and oxygen atoms in total. The number of hydrogen-bond donors (Lipinski definition) is 2. The van der Waals surface area contributed by atoms with Gasteiger partial charge in [0, 0.05) is 6.04 Å². The van der Waals surface area contributed by atoms with E-state index in [4.69, 9.17) is 5.73 Å². The highest BCUT2D eigenvalue weighted by Crippen LogP contribution is 2.37. The fourth-order valence-electron chi connectivity index (χ4n) is 2.53. The van der Waals surface area contributed by atoms with E-state index in [9.17, 15) is 5.11 Å². The van der Waals surface area contributed by atoms with Crippen LogP contribution in [-0.4, -0.2) is 5.11 Å². The molecule has 0 heterocycles. The molecule has 0 bridgehead atoms. The number of benzene rings is 2. The van der Waals surface area contributed by atoms with Crippen LogP contribution in [0.5, 0.6) is 5.75 Å². The van der Waals surface area contributed by atoms with Gasteiger partial charge in [-0.25, -0.2) is 0 Å². The molecule has 1 aliphatic carbocycles. The van der Waals surface area contributed by atoms with Crippen molar-refractivity contribution >= 4 is 10.8 Å². The van der Waals surface area contributed by atoms with Gasteiger partial charge in [0.1, 0.15) is 5.75 Å². The zero-order valence-electron chi connectivity index (χ0n) is 9.76. The van der Waals surface area contributed by atoms with Crippen LogP contribution in [0.2, 0.25) is 0 Å². The second kappa shape index (κ2) is 4.04. The Labute approximate surface area is 101 Å². The molecule has 2 heteroatoms. The van der Waals surface area contributed by atoms with Gasteiger partial charge in [-0.15, -0.1) is 0 Å². The average molecular weight is 227 g/mol. The summed E-state index contributed by atoms with van der Waals surface area (Å²) in [6.07, 6.45) is 3.84. The van der Waals surface area contributed by atoms with E-state index in [-0.39, 0.29) is 6.04 Å². The molecular weight excluding hydrogens is 210 g/mol. The molecule has 0 spiro atoms. The maximum atomic E-state index is 9.42. The molecule has 0 unspecified atom stereocenters. The number of rotatable bonds is 2. The molecule has 2 aromatic carbocycles. The van der Waals surface area contributed by atoms with Crippen molar-refractivity contribution in [1.29, 1.82) is 0 Å². The minimum Gasteiger partial charge on any atom is -0.508 e. The smallest absolute Gasteiger partial charge is 0.116 e. The van der Waals surface area contributed by atoms with E-state index in [1.54, 1.807) is 12.1 Å². The van der Waals surface area contributed by atoms with E-state index < -0.39 is 0 Å². The van der Waals surface area contributed by atoms with Crippen LogP contribution in [0.3, 0.4) is 0 Å². The SMILES string of the molecule is N[C@H](c1ccc2cc(O)ccc2c1)C1CCC1. The highest BCUT2D eigenvalue weighted by atomic mass is 16.3. The molecule has 0 saturated heterocycles. The number of phenolic OH excluding ortho intramolecular Hbond substituents is 1. The third-order valence-electron chi connectivity index (χ3n) is 3.89. The van der Waals surface area contributed by atoms with Crippen LogP contribution in [0.4, 0.5) is 0 Å². The molecule has 1 saturated carbocycles. The highest BCUT2D eigenvalue weighted by molar-refractivity contribution is 5.84. The van der Waals surface area contributed by atoms with Crippen molar-refractivity contribution in [3.8, 4) is 5.75 Å². The zero-order valence-corrected chi connectivity index (χ0v) is 9.76. The lowest BCUT2D eigenvalue weighted by Crippen LogP contribution is -2.26. The van der Waals surface area contributed by atoms with Gasteiger partial charge in [0.05, 0.1) is 0 Å². The molecule has 0 aromatic heterocycles. The van der Waals surface area contributed by atoms with Gasteiger partial charge in [0.2, 0.25) is 0 Å². The van der Waals surface area contributed by atoms with E-state index in [0.29, 0.717) is 11.7 Å². The molecule has 0 radical (unpaired) electrons. The maximum absolute atomic E-state index is 9.42. The number of hydrogen-bond acceptors (Lipinski definition) is 2. The summed E-state index contributed by atoms with van der Waals surface area (Å²) in [6.45, 7) is 0. The Balaban J connectivity index is 1.98. The second-order valence-corrected chi connectivity index (χ2v) is 5.01. The summed E-state index contributed by atoms with van der Waals surface area (Å²) in [5, 5.41) is 11.6. The first-order chi connectivity index (χ1) is 8.24. The van der Waals surface area contributed by atoms with Gasteiger partial charge in [0.15, 0.2) is 0 Å². The Morgan fingerprint density at radius 1 is 1.06 bits per heavy atom. The van der Waals surface area contributed by atoms with Gasteiger partial charge in [-0.3, -0.25) is 0 Å². The van der Waals surface area contributed by atoms with Crippen LogP contribution < -0.4 is 5.73 Å². The maximum Gasteiger partial charge on any atom is 0.116 e. The summed E-state index contributed by atoms with van der Waals surface area (Å²) in [7, 11) is 0. The Hall–Kier alpha value is -1.54. The minimum atomic E-state index is 0.168. The standard InChI is InChI=1S/C15H17NO/c16-15(10-2-1-3-10)13-5-4-12-9-14(17)7-6-11(12)8-13/h4-10,15,17H,1-3,16H2/t15-/m0/s1. The molecule has 3 N–H and O–H groups in total. The first-order valence-corrected chi connectivity index (χ1v) is 6.22. The van der Waals surface area contributed by atoms with Gasteiger partial charge < -0.3 is 10.8 Å². The fourth-order valence-corrected chi connectivity index (χ4v) is 2.53. The van der Waals surface area contributed by atoms with E-state index in [1.807, 2.05) is 12.1 Å². The summed E-state index contributed by atoms with van der Waals surface area (Å²) in [6, 6.07) is 11.9. The predicted octanol–water partition coefficient (Wildman–Crippen LogP) is 3.35. The van der Waals surface area contributed by atoms with Crippen molar-refractivity contribution in [1.82, 2.24) is 0 Å². The minimum absolute atomic E-state index is 0.168. The quantitative estimate of drug-likeness (QED) is 0.826. The summed E-state index contributed by atoms with van der Waals surface area (Å²) in [5.74, 6) is 0.970. The van der Waals surface area contributed by atoms with Gasteiger partial charge in [-0.1, -0.05) is 24.6 Å². The number of nitrogens with two attached hydrogens (primary N) is 1. The van der Waals surface area contributed by atoms with E-state index in [0.717, 1.165) is 10.8 Å². The normalized spacial score (nSPS) is 17.9. The fraction of sp³-hybridized carbons (Fsp3) is 0.333. The molecule has 1 atom stereocenters. The Morgan fingerprint density at radius 2 is 1.76 bits per heavy atom. The van der Waals surface area contributed by atoms with Gasteiger partial charge in [-0.05, 0) is 53.3 Å². The molecule has 0 aliphatic heterocycles. The number of phenols is 1. The second-order valence-electron chi connectivity index (χ2n) is 5.01. The predicted molar refractivity (Wildman–Crippen MR) is 69.9 cm³/mol. The molecule has 3 rings (SSSR count). The van der Waals surface area contributed by atoms with E-state index in [1.165, 1.54) is 24.8 Å². The Morgan fingerprint density at radius 3 is 2.47 bits per heavy atom. The van der Waals surface area contributed by atoms with Crippen LogP contribution in [0.15, 0.2) is 36.4 Å². The van der Waals surface area contributed by atoms with Crippen molar-refractivity contribution in [2.75, 3.05) is 0 Å². The van der Waals surface area contributed by atoms with Crippen molar-refractivity contribution in [2.45, 2.75) is 25.3 Å². The lowest BCUT2D eigenvalue weighted by molar-refractivity contribution is 0.264. The van der Waals surface area contributed by atoms with Crippen LogP contribution in [0.1, 0.15) is 30.9 Å². The van der Waals surface area contributed by atoms with Crippen molar-refractivity contribution < 1.29 is 5.11 Å². The zero-order chi connectivity index (χ0) is 11.8. The van der Waals surface area contributed by atoms with Gasteiger partial charge in [-0.2, -0.15) is 0 Å². The number of fused-ring (bicyclic) bond motifs is 1.